The second-order valence-electron chi connectivity index (χ2n) is 7.32. The Morgan fingerprint density at radius 1 is 1.24 bits per heavy atom. The van der Waals surface area contributed by atoms with Crippen LogP contribution in [0.1, 0.15) is 55.7 Å². The van der Waals surface area contributed by atoms with E-state index in [1.165, 1.54) is 36.0 Å². The molecule has 1 nitrogen and oxygen atoms in total. The smallest absolute Gasteiger partial charge is 0.144 e. The highest BCUT2D eigenvalue weighted by atomic mass is 16.1. The number of hydrogen-bond acceptors (Lipinski definition) is 1. The van der Waals surface area contributed by atoms with Gasteiger partial charge in [0, 0.05) is 11.8 Å². The fraction of sp³-hybridized carbons (Fsp3) is 0.550. The van der Waals surface area contributed by atoms with Gasteiger partial charge in [-0.2, -0.15) is 0 Å². The summed E-state index contributed by atoms with van der Waals surface area (Å²) in [7, 11) is 0. The molecule has 1 aromatic rings. The van der Waals surface area contributed by atoms with Crippen molar-refractivity contribution in [3.8, 4) is 0 Å². The SMILES string of the molecule is CCCCc1ccc2c(c1)CC(=O)C1(CC3=CCC1C3)C2. The van der Waals surface area contributed by atoms with E-state index in [1.54, 1.807) is 5.57 Å². The molecule has 2 unspecified atom stereocenters. The molecule has 0 saturated heterocycles. The van der Waals surface area contributed by atoms with E-state index in [-0.39, 0.29) is 5.41 Å². The quantitative estimate of drug-likeness (QED) is 0.749. The third kappa shape index (κ3) is 2.01. The average Bonchev–Trinajstić information content (AvgIpc) is 3.08. The Morgan fingerprint density at radius 3 is 2.86 bits per heavy atom. The van der Waals surface area contributed by atoms with Gasteiger partial charge >= 0.3 is 0 Å². The number of rotatable bonds is 3. The molecule has 0 heterocycles. The van der Waals surface area contributed by atoms with Gasteiger partial charge in [0.25, 0.3) is 0 Å². The lowest BCUT2D eigenvalue weighted by molar-refractivity contribution is -0.131. The lowest BCUT2D eigenvalue weighted by atomic mass is 9.63. The van der Waals surface area contributed by atoms with Gasteiger partial charge in [0.2, 0.25) is 0 Å². The molecule has 0 N–H and O–H groups in total. The number of ketones is 1. The first-order valence-corrected chi connectivity index (χ1v) is 8.53. The van der Waals surface area contributed by atoms with Crippen molar-refractivity contribution < 1.29 is 4.79 Å². The minimum atomic E-state index is -0.0258. The molecule has 21 heavy (non-hydrogen) atoms. The van der Waals surface area contributed by atoms with Crippen LogP contribution in [0.15, 0.2) is 29.8 Å². The highest BCUT2D eigenvalue weighted by molar-refractivity contribution is 5.90. The van der Waals surface area contributed by atoms with Crippen LogP contribution in [0.3, 0.4) is 0 Å². The van der Waals surface area contributed by atoms with Crippen LogP contribution in [-0.4, -0.2) is 5.78 Å². The Morgan fingerprint density at radius 2 is 2.14 bits per heavy atom. The summed E-state index contributed by atoms with van der Waals surface area (Å²) < 4.78 is 0. The fourth-order valence-electron chi connectivity index (χ4n) is 4.78. The molecule has 1 spiro atoms. The molecule has 0 amide bonds. The van der Waals surface area contributed by atoms with Crippen LogP contribution in [0.25, 0.3) is 0 Å². The number of hydrogen-bond donors (Lipinski definition) is 0. The van der Waals surface area contributed by atoms with Crippen LogP contribution in [0.5, 0.6) is 0 Å². The van der Waals surface area contributed by atoms with Crippen molar-refractivity contribution in [2.24, 2.45) is 11.3 Å². The Hall–Kier alpha value is -1.37. The van der Waals surface area contributed by atoms with Crippen molar-refractivity contribution in [2.75, 3.05) is 0 Å². The van der Waals surface area contributed by atoms with E-state index in [1.807, 2.05) is 0 Å². The molecule has 1 heteroatoms. The summed E-state index contributed by atoms with van der Waals surface area (Å²) in [4.78, 5) is 12.9. The highest BCUT2D eigenvalue weighted by Crippen LogP contribution is 2.56. The molecule has 110 valence electrons. The van der Waals surface area contributed by atoms with E-state index in [2.05, 4.69) is 31.2 Å². The molecule has 2 atom stereocenters. The van der Waals surface area contributed by atoms with E-state index in [0.29, 0.717) is 18.1 Å². The summed E-state index contributed by atoms with van der Waals surface area (Å²) in [5, 5.41) is 0. The monoisotopic (exact) mass is 280 g/mol. The molecular formula is C20H24O. The number of allylic oxidation sites excluding steroid dienone is 2. The molecule has 4 rings (SSSR count). The summed E-state index contributed by atoms with van der Waals surface area (Å²) in [6.07, 6.45) is 11.1. The molecule has 3 aliphatic rings. The summed E-state index contributed by atoms with van der Waals surface area (Å²) in [5.74, 6) is 1.13. The standard InChI is InChI=1S/C20H24O/c1-2-3-4-14-5-7-16-13-20(19(21)11-17(16)9-14)12-15-6-8-18(20)10-15/h5-7,9,18H,2-4,8,10-13H2,1H3. The number of aryl methyl sites for hydroxylation is 1. The van der Waals surface area contributed by atoms with E-state index in [4.69, 9.17) is 0 Å². The lowest BCUT2D eigenvalue weighted by Crippen LogP contribution is -2.42. The Kier molecular flexibility index (Phi) is 3.06. The van der Waals surface area contributed by atoms with Gasteiger partial charge in [0.15, 0.2) is 0 Å². The van der Waals surface area contributed by atoms with E-state index in [9.17, 15) is 4.79 Å². The first-order valence-electron chi connectivity index (χ1n) is 8.53. The predicted molar refractivity (Wildman–Crippen MR) is 85.3 cm³/mol. The van der Waals surface area contributed by atoms with Crippen LogP contribution in [0.2, 0.25) is 0 Å². The number of Topliss-reactive ketones (excluding diaryl/α,β-unsaturated/α-hetero) is 1. The second-order valence-corrected chi connectivity index (χ2v) is 7.32. The molecule has 0 aromatic heterocycles. The third-order valence-electron chi connectivity index (χ3n) is 6.03. The van der Waals surface area contributed by atoms with Crippen molar-refractivity contribution in [1.82, 2.24) is 0 Å². The summed E-state index contributed by atoms with van der Waals surface area (Å²) in [5.41, 5.74) is 5.70. The zero-order valence-electron chi connectivity index (χ0n) is 13.0. The Bertz CT molecular complexity index is 625. The van der Waals surface area contributed by atoms with Gasteiger partial charge in [-0.1, -0.05) is 43.2 Å². The lowest BCUT2D eigenvalue weighted by Gasteiger charge is -2.39. The number of fused-ring (bicyclic) bond motifs is 4. The van der Waals surface area contributed by atoms with Crippen LogP contribution >= 0.6 is 0 Å². The average molecular weight is 280 g/mol. The largest absolute Gasteiger partial charge is 0.299 e. The van der Waals surface area contributed by atoms with Gasteiger partial charge in [0.1, 0.15) is 5.78 Å². The van der Waals surface area contributed by atoms with E-state index >= 15 is 0 Å². The fourth-order valence-corrected chi connectivity index (χ4v) is 4.78. The summed E-state index contributed by atoms with van der Waals surface area (Å²) in [6, 6.07) is 6.92. The summed E-state index contributed by atoms with van der Waals surface area (Å²) in [6.45, 7) is 2.23. The van der Waals surface area contributed by atoms with Gasteiger partial charge in [-0.3, -0.25) is 4.79 Å². The number of benzene rings is 1. The highest BCUT2D eigenvalue weighted by Gasteiger charge is 2.53. The zero-order chi connectivity index (χ0) is 14.4. The van der Waals surface area contributed by atoms with Crippen LogP contribution < -0.4 is 0 Å². The minimum Gasteiger partial charge on any atom is -0.299 e. The maximum atomic E-state index is 12.9. The van der Waals surface area contributed by atoms with Crippen LogP contribution in [0, 0.1) is 11.3 Å². The maximum absolute atomic E-state index is 12.9. The van der Waals surface area contributed by atoms with Crippen LogP contribution in [-0.2, 0) is 24.1 Å². The van der Waals surface area contributed by atoms with Crippen molar-refractivity contribution >= 4 is 5.78 Å². The first-order chi connectivity index (χ1) is 10.2. The second kappa shape index (κ2) is 4.83. The molecule has 2 bridgehead atoms. The normalized spacial score (nSPS) is 29.9. The number of carbonyl (C=O) groups excluding carboxylic acids is 1. The van der Waals surface area contributed by atoms with Gasteiger partial charge < -0.3 is 0 Å². The Labute approximate surface area is 127 Å². The van der Waals surface area contributed by atoms with Gasteiger partial charge in [0.05, 0.1) is 0 Å². The molecule has 1 saturated carbocycles. The first kappa shape index (κ1) is 13.3. The maximum Gasteiger partial charge on any atom is 0.144 e. The van der Waals surface area contributed by atoms with Crippen molar-refractivity contribution in [3.05, 3.63) is 46.5 Å². The van der Waals surface area contributed by atoms with E-state index < -0.39 is 0 Å². The molecule has 3 aliphatic carbocycles. The van der Waals surface area contributed by atoms with E-state index in [0.717, 1.165) is 25.7 Å². The number of carbonyl (C=O) groups is 1. The third-order valence-corrected chi connectivity index (χ3v) is 6.03. The molecule has 1 aromatic carbocycles. The van der Waals surface area contributed by atoms with Gasteiger partial charge in [-0.05, 0) is 61.1 Å². The Balaban J connectivity index is 1.63. The topological polar surface area (TPSA) is 17.1 Å². The predicted octanol–water partition coefficient (Wildman–Crippen LogP) is 4.42. The number of unbranched alkanes of at least 4 members (excludes halogenated alkanes) is 1. The minimum absolute atomic E-state index is 0.0258. The van der Waals surface area contributed by atoms with Crippen LogP contribution in [0.4, 0.5) is 0 Å². The summed E-state index contributed by atoms with van der Waals surface area (Å²) >= 11 is 0. The molecule has 1 fully saturated rings. The zero-order valence-corrected chi connectivity index (χ0v) is 13.0. The van der Waals surface area contributed by atoms with Crippen molar-refractivity contribution in [3.63, 3.8) is 0 Å². The molecular weight excluding hydrogens is 256 g/mol. The van der Waals surface area contributed by atoms with Crippen molar-refractivity contribution in [1.29, 1.82) is 0 Å². The van der Waals surface area contributed by atoms with Gasteiger partial charge in [-0.25, -0.2) is 0 Å². The van der Waals surface area contributed by atoms with Gasteiger partial charge in [-0.15, -0.1) is 0 Å². The molecule has 0 radical (unpaired) electrons. The molecule has 0 aliphatic heterocycles. The van der Waals surface area contributed by atoms with Crippen molar-refractivity contribution in [2.45, 2.75) is 58.3 Å².